The Bertz CT molecular complexity index is 1040. The van der Waals surface area contributed by atoms with E-state index in [0.717, 1.165) is 31.5 Å². The fourth-order valence-corrected chi connectivity index (χ4v) is 4.59. The standard InChI is InChI=1S/C21H21N3O2S/c22-17-8-10-18(11-9-17)27(25,26)19-14-20(16-6-2-1-3-7-16)23-21(15-19)24-12-4-5-13-24/h1-3,6-11,14-15H,4-5,12-13,22H2. The van der Waals surface area contributed by atoms with Gasteiger partial charge in [-0.05, 0) is 49.2 Å². The summed E-state index contributed by atoms with van der Waals surface area (Å²) in [6.45, 7) is 1.79. The van der Waals surface area contributed by atoms with Crippen molar-refractivity contribution in [1.82, 2.24) is 4.98 Å². The van der Waals surface area contributed by atoms with Crippen molar-refractivity contribution in [1.29, 1.82) is 0 Å². The van der Waals surface area contributed by atoms with Gasteiger partial charge in [0.05, 0.1) is 15.5 Å². The molecule has 0 saturated carbocycles. The number of aromatic nitrogens is 1. The smallest absolute Gasteiger partial charge is 0.206 e. The van der Waals surface area contributed by atoms with Crippen LogP contribution in [0.1, 0.15) is 12.8 Å². The number of nitrogens with zero attached hydrogens (tertiary/aromatic N) is 2. The van der Waals surface area contributed by atoms with E-state index in [1.807, 2.05) is 30.3 Å². The lowest BCUT2D eigenvalue weighted by Gasteiger charge is -2.19. The van der Waals surface area contributed by atoms with Crippen molar-refractivity contribution in [3.8, 4) is 11.3 Å². The zero-order valence-corrected chi connectivity index (χ0v) is 15.7. The lowest BCUT2D eigenvalue weighted by atomic mass is 10.1. The maximum absolute atomic E-state index is 13.2. The van der Waals surface area contributed by atoms with Gasteiger partial charge in [0.15, 0.2) is 0 Å². The van der Waals surface area contributed by atoms with Crippen LogP contribution in [0.15, 0.2) is 76.5 Å². The first-order valence-electron chi connectivity index (χ1n) is 8.97. The van der Waals surface area contributed by atoms with E-state index in [1.54, 1.807) is 36.4 Å². The molecule has 138 valence electrons. The molecule has 1 saturated heterocycles. The molecule has 2 heterocycles. The second kappa shape index (κ2) is 7.04. The number of benzene rings is 2. The summed E-state index contributed by atoms with van der Waals surface area (Å²) < 4.78 is 26.4. The van der Waals surface area contributed by atoms with Crippen molar-refractivity contribution < 1.29 is 8.42 Å². The Hall–Kier alpha value is -2.86. The maximum Gasteiger partial charge on any atom is 0.206 e. The van der Waals surface area contributed by atoms with Crippen LogP contribution in [-0.2, 0) is 9.84 Å². The molecule has 27 heavy (non-hydrogen) atoms. The van der Waals surface area contributed by atoms with Gasteiger partial charge in [0.25, 0.3) is 0 Å². The first-order valence-corrected chi connectivity index (χ1v) is 10.5. The predicted octanol–water partition coefficient (Wildman–Crippen LogP) is 3.76. The molecule has 6 heteroatoms. The summed E-state index contributed by atoms with van der Waals surface area (Å²) >= 11 is 0. The highest BCUT2D eigenvalue weighted by atomic mass is 32.2. The zero-order valence-electron chi connectivity index (χ0n) is 14.9. The fourth-order valence-electron chi connectivity index (χ4n) is 3.29. The monoisotopic (exact) mass is 379 g/mol. The van der Waals surface area contributed by atoms with Crippen LogP contribution in [0.2, 0.25) is 0 Å². The molecule has 0 aliphatic carbocycles. The molecule has 0 unspecified atom stereocenters. The summed E-state index contributed by atoms with van der Waals surface area (Å²) in [6.07, 6.45) is 2.19. The Labute approximate surface area is 159 Å². The highest BCUT2D eigenvalue weighted by Gasteiger charge is 2.23. The molecule has 1 aliphatic rings. The van der Waals surface area contributed by atoms with Crippen molar-refractivity contribution >= 4 is 21.3 Å². The second-order valence-corrected chi connectivity index (χ2v) is 8.63. The molecule has 1 fully saturated rings. The summed E-state index contributed by atoms with van der Waals surface area (Å²) in [4.78, 5) is 7.38. The van der Waals surface area contributed by atoms with Gasteiger partial charge in [-0.1, -0.05) is 30.3 Å². The van der Waals surface area contributed by atoms with Gasteiger partial charge in [-0.2, -0.15) is 0 Å². The Morgan fingerprint density at radius 3 is 2.19 bits per heavy atom. The van der Waals surface area contributed by atoms with Crippen LogP contribution in [0, 0.1) is 0 Å². The Balaban J connectivity index is 1.86. The molecule has 2 N–H and O–H groups in total. The number of nitrogen functional groups attached to an aromatic ring is 1. The lowest BCUT2D eigenvalue weighted by molar-refractivity contribution is 0.596. The predicted molar refractivity (Wildman–Crippen MR) is 107 cm³/mol. The second-order valence-electron chi connectivity index (χ2n) is 6.68. The van der Waals surface area contributed by atoms with Crippen LogP contribution in [0.4, 0.5) is 11.5 Å². The first kappa shape index (κ1) is 17.5. The van der Waals surface area contributed by atoms with Crippen molar-refractivity contribution in [2.75, 3.05) is 23.7 Å². The summed E-state index contributed by atoms with van der Waals surface area (Å²) in [5.41, 5.74) is 7.79. The molecule has 5 nitrogen and oxygen atoms in total. The van der Waals surface area contributed by atoms with Crippen LogP contribution >= 0.6 is 0 Å². The van der Waals surface area contributed by atoms with Gasteiger partial charge in [0.2, 0.25) is 9.84 Å². The van der Waals surface area contributed by atoms with Crippen LogP contribution in [0.25, 0.3) is 11.3 Å². The Morgan fingerprint density at radius 1 is 0.852 bits per heavy atom. The van der Waals surface area contributed by atoms with E-state index in [0.29, 0.717) is 17.2 Å². The maximum atomic E-state index is 13.2. The van der Waals surface area contributed by atoms with E-state index in [2.05, 4.69) is 4.90 Å². The van der Waals surface area contributed by atoms with Crippen LogP contribution < -0.4 is 10.6 Å². The number of pyridine rings is 1. The Kier molecular flexibility index (Phi) is 4.58. The van der Waals surface area contributed by atoms with Crippen molar-refractivity contribution in [2.45, 2.75) is 22.6 Å². The molecule has 2 aromatic carbocycles. The van der Waals surface area contributed by atoms with Crippen LogP contribution in [0.3, 0.4) is 0 Å². The average Bonchev–Trinajstić information content (AvgIpc) is 3.24. The number of anilines is 2. The molecule has 3 aromatic rings. The van der Waals surface area contributed by atoms with E-state index < -0.39 is 9.84 Å². The molecule has 0 radical (unpaired) electrons. The lowest BCUT2D eigenvalue weighted by Crippen LogP contribution is -2.19. The molecule has 1 aliphatic heterocycles. The molecule has 0 atom stereocenters. The molecule has 4 rings (SSSR count). The van der Waals surface area contributed by atoms with E-state index in [1.165, 1.54) is 0 Å². The van der Waals surface area contributed by atoms with Gasteiger partial charge in [0.1, 0.15) is 5.82 Å². The normalized spacial score (nSPS) is 14.4. The SMILES string of the molecule is Nc1ccc(S(=O)(=O)c2cc(-c3ccccc3)nc(N3CCCC3)c2)cc1. The fraction of sp³-hybridized carbons (Fsp3) is 0.190. The summed E-state index contributed by atoms with van der Waals surface area (Å²) in [5, 5.41) is 0. The Morgan fingerprint density at radius 2 is 1.52 bits per heavy atom. The minimum absolute atomic E-state index is 0.231. The number of nitrogens with two attached hydrogens (primary N) is 1. The molecule has 1 aromatic heterocycles. The average molecular weight is 379 g/mol. The quantitative estimate of drug-likeness (QED) is 0.699. The number of hydrogen-bond donors (Lipinski definition) is 1. The first-order chi connectivity index (χ1) is 13.0. The highest BCUT2D eigenvalue weighted by molar-refractivity contribution is 7.91. The minimum Gasteiger partial charge on any atom is -0.399 e. The zero-order chi connectivity index (χ0) is 18.9. The van der Waals surface area contributed by atoms with Gasteiger partial charge in [-0.3, -0.25) is 0 Å². The van der Waals surface area contributed by atoms with E-state index in [9.17, 15) is 8.42 Å². The van der Waals surface area contributed by atoms with Gasteiger partial charge < -0.3 is 10.6 Å². The number of hydrogen-bond acceptors (Lipinski definition) is 5. The molecular weight excluding hydrogens is 358 g/mol. The molecule has 0 bridgehead atoms. The van der Waals surface area contributed by atoms with Gasteiger partial charge in [-0.15, -0.1) is 0 Å². The number of rotatable bonds is 4. The third-order valence-electron chi connectivity index (χ3n) is 4.79. The third kappa shape index (κ3) is 3.53. The van der Waals surface area contributed by atoms with Gasteiger partial charge >= 0.3 is 0 Å². The van der Waals surface area contributed by atoms with Crippen molar-refractivity contribution in [3.05, 3.63) is 66.7 Å². The van der Waals surface area contributed by atoms with Gasteiger partial charge in [-0.25, -0.2) is 13.4 Å². The van der Waals surface area contributed by atoms with Crippen LogP contribution in [0.5, 0.6) is 0 Å². The molecular formula is C21H21N3O2S. The number of sulfone groups is 1. The van der Waals surface area contributed by atoms with E-state index in [-0.39, 0.29) is 9.79 Å². The summed E-state index contributed by atoms with van der Waals surface area (Å²) in [7, 11) is -3.66. The van der Waals surface area contributed by atoms with Crippen LogP contribution in [-0.4, -0.2) is 26.5 Å². The van der Waals surface area contributed by atoms with Gasteiger partial charge in [0, 0.05) is 24.3 Å². The van der Waals surface area contributed by atoms with E-state index in [4.69, 9.17) is 10.7 Å². The molecule has 0 spiro atoms. The topological polar surface area (TPSA) is 76.3 Å². The van der Waals surface area contributed by atoms with E-state index >= 15 is 0 Å². The molecule has 0 amide bonds. The highest BCUT2D eigenvalue weighted by Crippen LogP contribution is 2.30. The third-order valence-corrected chi connectivity index (χ3v) is 6.53. The summed E-state index contributed by atoms with van der Waals surface area (Å²) in [5.74, 6) is 0.711. The largest absolute Gasteiger partial charge is 0.399 e. The van der Waals surface area contributed by atoms with Crippen molar-refractivity contribution in [2.24, 2.45) is 0 Å². The van der Waals surface area contributed by atoms with Crippen molar-refractivity contribution in [3.63, 3.8) is 0 Å². The summed E-state index contributed by atoms with van der Waals surface area (Å²) in [6, 6.07) is 19.3. The minimum atomic E-state index is -3.66.